The Morgan fingerprint density at radius 3 is 2.79 bits per heavy atom. The molecule has 2 aromatic heterocycles. The zero-order valence-corrected chi connectivity index (χ0v) is 11.9. The van der Waals surface area contributed by atoms with E-state index in [1.807, 2.05) is 23.9 Å². The lowest BCUT2D eigenvalue weighted by Crippen LogP contribution is -2.06. The van der Waals surface area contributed by atoms with Gasteiger partial charge >= 0.3 is 5.97 Å². The minimum Gasteiger partial charge on any atom is -0.481 e. The standard InChI is InChI=1S/C12H16N4O2S/c1-8(2)9-6-13-12(19-7-11(17)18)16(9)10-4-5-15(3)14-10/h4-6,8H,7H2,1-3H3,(H,17,18). The van der Waals surface area contributed by atoms with Crippen LogP contribution in [0.5, 0.6) is 0 Å². The fraction of sp³-hybridized carbons (Fsp3) is 0.417. The summed E-state index contributed by atoms with van der Waals surface area (Å²) in [5.74, 6) is 0.179. The molecule has 1 N–H and O–H groups in total. The van der Waals surface area contributed by atoms with Gasteiger partial charge in [0.05, 0.1) is 11.9 Å². The van der Waals surface area contributed by atoms with Crippen molar-refractivity contribution in [1.82, 2.24) is 19.3 Å². The monoisotopic (exact) mass is 280 g/mol. The molecule has 0 bridgehead atoms. The number of aromatic nitrogens is 4. The fourth-order valence-electron chi connectivity index (χ4n) is 1.73. The number of imidazole rings is 1. The number of thioether (sulfide) groups is 1. The quantitative estimate of drug-likeness (QED) is 0.847. The van der Waals surface area contributed by atoms with Gasteiger partial charge in [-0.3, -0.25) is 14.0 Å². The zero-order valence-electron chi connectivity index (χ0n) is 11.1. The summed E-state index contributed by atoms with van der Waals surface area (Å²) in [6.45, 7) is 4.14. The highest BCUT2D eigenvalue weighted by Crippen LogP contribution is 2.26. The molecule has 2 heterocycles. The van der Waals surface area contributed by atoms with Gasteiger partial charge in [0.1, 0.15) is 0 Å². The van der Waals surface area contributed by atoms with Gasteiger partial charge in [0.25, 0.3) is 0 Å². The van der Waals surface area contributed by atoms with Gasteiger partial charge in [-0.15, -0.1) is 0 Å². The molecular weight excluding hydrogens is 264 g/mol. The van der Waals surface area contributed by atoms with E-state index in [2.05, 4.69) is 23.9 Å². The highest BCUT2D eigenvalue weighted by molar-refractivity contribution is 7.99. The van der Waals surface area contributed by atoms with Gasteiger partial charge in [0.15, 0.2) is 11.0 Å². The van der Waals surface area contributed by atoms with Crippen LogP contribution in [0.1, 0.15) is 25.5 Å². The number of rotatable bonds is 5. The molecule has 0 aliphatic carbocycles. The molecule has 0 saturated carbocycles. The molecule has 19 heavy (non-hydrogen) atoms. The van der Waals surface area contributed by atoms with Crippen LogP contribution >= 0.6 is 11.8 Å². The van der Waals surface area contributed by atoms with E-state index in [0.29, 0.717) is 5.16 Å². The van der Waals surface area contributed by atoms with E-state index in [9.17, 15) is 4.79 Å². The predicted octanol–water partition coefficient (Wildman–Crippen LogP) is 1.91. The minimum atomic E-state index is -0.855. The number of nitrogens with zero attached hydrogens (tertiary/aromatic N) is 4. The first-order valence-corrected chi connectivity index (χ1v) is 6.90. The van der Waals surface area contributed by atoms with Crippen LogP contribution in [0.3, 0.4) is 0 Å². The molecule has 2 aromatic rings. The Morgan fingerprint density at radius 2 is 2.26 bits per heavy atom. The van der Waals surface area contributed by atoms with E-state index in [-0.39, 0.29) is 11.7 Å². The van der Waals surface area contributed by atoms with Gasteiger partial charge < -0.3 is 5.11 Å². The van der Waals surface area contributed by atoms with Gasteiger partial charge in [0.2, 0.25) is 0 Å². The van der Waals surface area contributed by atoms with Crippen molar-refractivity contribution >= 4 is 17.7 Å². The third kappa shape index (κ3) is 2.98. The number of carbonyl (C=O) groups is 1. The second-order valence-electron chi connectivity index (χ2n) is 4.49. The highest BCUT2D eigenvalue weighted by Gasteiger charge is 2.17. The molecule has 0 amide bonds. The molecule has 0 aromatic carbocycles. The Bertz CT molecular complexity index is 588. The van der Waals surface area contributed by atoms with Crippen molar-refractivity contribution in [3.63, 3.8) is 0 Å². The number of aryl methyl sites for hydroxylation is 1. The molecule has 6 nitrogen and oxygen atoms in total. The average Bonchev–Trinajstić information content (AvgIpc) is 2.91. The number of carboxylic acid groups (broad SMARTS) is 1. The molecule has 0 fully saturated rings. The van der Waals surface area contributed by atoms with E-state index in [1.54, 1.807) is 10.9 Å². The first kappa shape index (κ1) is 13.7. The SMILES string of the molecule is CC(C)c1cnc(SCC(=O)O)n1-c1ccn(C)n1. The predicted molar refractivity (Wildman–Crippen MR) is 72.8 cm³/mol. The van der Waals surface area contributed by atoms with Gasteiger partial charge in [-0.05, 0) is 5.92 Å². The molecule has 0 aliphatic heterocycles. The lowest BCUT2D eigenvalue weighted by atomic mass is 10.1. The Balaban J connectivity index is 2.41. The molecule has 0 aliphatic rings. The minimum absolute atomic E-state index is 0.0125. The van der Waals surface area contributed by atoms with Crippen LogP contribution in [0.15, 0.2) is 23.6 Å². The smallest absolute Gasteiger partial charge is 0.313 e. The normalized spacial score (nSPS) is 11.2. The summed E-state index contributed by atoms with van der Waals surface area (Å²) < 4.78 is 3.63. The van der Waals surface area contributed by atoms with Crippen LogP contribution in [-0.2, 0) is 11.8 Å². The van der Waals surface area contributed by atoms with Crippen LogP contribution in [0.2, 0.25) is 0 Å². The number of aliphatic carboxylic acids is 1. The summed E-state index contributed by atoms with van der Waals surface area (Å²) in [5, 5.41) is 13.8. The molecule has 7 heteroatoms. The summed E-state index contributed by atoms with van der Waals surface area (Å²) in [5.41, 5.74) is 1.02. The van der Waals surface area contributed by atoms with Gasteiger partial charge in [-0.1, -0.05) is 25.6 Å². The maximum atomic E-state index is 10.7. The van der Waals surface area contributed by atoms with Crippen molar-refractivity contribution in [3.8, 4) is 5.82 Å². The third-order valence-electron chi connectivity index (χ3n) is 2.60. The third-order valence-corrected chi connectivity index (χ3v) is 3.54. The van der Waals surface area contributed by atoms with Crippen molar-refractivity contribution in [2.75, 3.05) is 5.75 Å². The zero-order chi connectivity index (χ0) is 14.0. The largest absolute Gasteiger partial charge is 0.481 e. The van der Waals surface area contributed by atoms with Crippen LogP contribution in [0, 0.1) is 0 Å². The van der Waals surface area contributed by atoms with E-state index in [4.69, 9.17) is 5.11 Å². The highest BCUT2D eigenvalue weighted by atomic mass is 32.2. The van der Waals surface area contributed by atoms with E-state index >= 15 is 0 Å². The molecule has 0 radical (unpaired) electrons. The number of carboxylic acids is 1. The summed E-state index contributed by atoms with van der Waals surface area (Å²) >= 11 is 1.20. The molecular formula is C12H16N4O2S. The maximum absolute atomic E-state index is 10.7. The summed E-state index contributed by atoms with van der Waals surface area (Å²) in [6.07, 6.45) is 3.63. The van der Waals surface area contributed by atoms with Gasteiger partial charge in [0, 0.05) is 25.0 Å². The van der Waals surface area contributed by atoms with E-state index in [1.165, 1.54) is 11.8 Å². The fourth-order valence-corrected chi connectivity index (χ4v) is 2.44. The van der Waals surface area contributed by atoms with Crippen molar-refractivity contribution in [2.45, 2.75) is 24.9 Å². The molecule has 0 atom stereocenters. The first-order chi connectivity index (χ1) is 8.99. The van der Waals surface area contributed by atoms with Gasteiger partial charge in [-0.25, -0.2) is 4.98 Å². The molecule has 0 unspecified atom stereocenters. The Labute approximate surface area is 115 Å². The summed E-state index contributed by atoms with van der Waals surface area (Å²) in [4.78, 5) is 15.0. The second kappa shape index (κ2) is 5.48. The maximum Gasteiger partial charge on any atom is 0.313 e. The molecule has 102 valence electrons. The van der Waals surface area contributed by atoms with Crippen LogP contribution in [0.4, 0.5) is 0 Å². The van der Waals surface area contributed by atoms with Crippen molar-refractivity contribution in [2.24, 2.45) is 7.05 Å². The number of hydrogen-bond donors (Lipinski definition) is 1. The Hall–Kier alpha value is -1.76. The van der Waals surface area contributed by atoms with Crippen LogP contribution in [0.25, 0.3) is 5.82 Å². The summed E-state index contributed by atoms with van der Waals surface area (Å²) in [7, 11) is 1.85. The van der Waals surface area contributed by atoms with E-state index < -0.39 is 5.97 Å². The lowest BCUT2D eigenvalue weighted by molar-refractivity contribution is -0.133. The molecule has 0 spiro atoms. The first-order valence-electron chi connectivity index (χ1n) is 5.91. The van der Waals surface area contributed by atoms with Crippen molar-refractivity contribution in [3.05, 3.63) is 24.2 Å². The van der Waals surface area contributed by atoms with Crippen molar-refractivity contribution < 1.29 is 9.90 Å². The summed E-state index contributed by atoms with van der Waals surface area (Å²) in [6, 6.07) is 1.89. The topological polar surface area (TPSA) is 72.9 Å². The number of hydrogen-bond acceptors (Lipinski definition) is 4. The average molecular weight is 280 g/mol. The van der Waals surface area contributed by atoms with Crippen molar-refractivity contribution in [1.29, 1.82) is 0 Å². The Kier molecular flexibility index (Phi) is 3.94. The van der Waals surface area contributed by atoms with E-state index in [0.717, 1.165) is 11.5 Å². The Morgan fingerprint density at radius 1 is 1.53 bits per heavy atom. The van der Waals surface area contributed by atoms with Crippen LogP contribution in [-0.4, -0.2) is 36.2 Å². The molecule has 2 rings (SSSR count). The van der Waals surface area contributed by atoms with Crippen LogP contribution < -0.4 is 0 Å². The lowest BCUT2D eigenvalue weighted by Gasteiger charge is -2.10. The second-order valence-corrected chi connectivity index (χ2v) is 5.43. The molecule has 0 saturated heterocycles. The van der Waals surface area contributed by atoms with Gasteiger partial charge in [-0.2, -0.15) is 5.10 Å².